The highest BCUT2D eigenvalue weighted by Gasteiger charge is 2.23. The van der Waals surface area contributed by atoms with Crippen molar-refractivity contribution in [2.75, 3.05) is 4.90 Å². The number of hydrogen-bond acceptors (Lipinski definition) is 4. The zero-order valence-corrected chi connectivity index (χ0v) is 13.2. The Hall–Kier alpha value is -1.65. The SMILES string of the molecule is CCc1cc2c(N3Cc4ccccc4C3)nc(Cl)nc2s1. The van der Waals surface area contributed by atoms with Crippen molar-refractivity contribution in [2.24, 2.45) is 0 Å². The van der Waals surface area contributed by atoms with Gasteiger partial charge in [0.05, 0.1) is 5.39 Å². The molecule has 0 atom stereocenters. The lowest BCUT2D eigenvalue weighted by Crippen LogP contribution is -2.16. The lowest BCUT2D eigenvalue weighted by Gasteiger charge is -2.17. The van der Waals surface area contributed by atoms with Crippen molar-refractivity contribution in [2.45, 2.75) is 26.4 Å². The molecule has 3 aromatic rings. The third-order valence-corrected chi connectivity index (χ3v) is 5.23. The Morgan fingerprint density at radius 1 is 1.19 bits per heavy atom. The molecule has 21 heavy (non-hydrogen) atoms. The predicted molar refractivity (Wildman–Crippen MR) is 88.1 cm³/mol. The van der Waals surface area contributed by atoms with Crippen LogP contribution in [-0.2, 0) is 19.5 Å². The van der Waals surface area contributed by atoms with Crippen molar-refractivity contribution in [1.29, 1.82) is 0 Å². The van der Waals surface area contributed by atoms with Gasteiger partial charge in [0.2, 0.25) is 5.28 Å². The maximum Gasteiger partial charge on any atom is 0.225 e. The molecule has 0 radical (unpaired) electrons. The second-order valence-corrected chi connectivity index (χ2v) is 6.68. The first-order valence-electron chi connectivity index (χ1n) is 7.02. The zero-order valence-electron chi connectivity index (χ0n) is 11.6. The number of benzene rings is 1. The Kier molecular flexibility index (Phi) is 3.08. The molecule has 0 saturated carbocycles. The lowest BCUT2D eigenvalue weighted by molar-refractivity contribution is 0.860. The minimum absolute atomic E-state index is 0.331. The first-order valence-corrected chi connectivity index (χ1v) is 8.21. The predicted octanol–water partition coefficient (Wildman–Crippen LogP) is 4.43. The van der Waals surface area contributed by atoms with Gasteiger partial charge in [0, 0.05) is 18.0 Å². The summed E-state index contributed by atoms with van der Waals surface area (Å²) in [5.41, 5.74) is 2.73. The van der Waals surface area contributed by atoms with Crippen molar-refractivity contribution in [3.05, 3.63) is 51.6 Å². The van der Waals surface area contributed by atoms with Gasteiger partial charge in [-0.1, -0.05) is 31.2 Å². The number of rotatable bonds is 2. The Balaban J connectivity index is 1.82. The Morgan fingerprint density at radius 2 is 1.90 bits per heavy atom. The van der Waals surface area contributed by atoms with Crippen LogP contribution in [0.5, 0.6) is 0 Å². The molecule has 0 bridgehead atoms. The van der Waals surface area contributed by atoms with E-state index in [2.05, 4.69) is 52.1 Å². The van der Waals surface area contributed by atoms with E-state index >= 15 is 0 Å². The average molecular weight is 316 g/mol. The highest BCUT2D eigenvalue weighted by molar-refractivity contribution is 7.18. The highest BCUT2D eigenvalue weighted by atomic mass is 35.5. The molecule has 0 aliphatic carbocycles. The fourth-order valence-corrected chi connectivity index (χ4v) is 4.01. The van der Waals surface area contributed by atoms with E-state index in [-0.39, 0.29) is 0 Å². The number of aryl methyl sites for hydroxylation is 1. The van der Waals surface area contributed by atoms with E-state index in [1.807, 2.05) is 0 Å². The monoisotopic (exact) mass is 315 g/mol. The first-order chi connectivity index (χ1) is 10.2. The Labute approximate surface area is 132 Å². The average Bonchev–Trinajstić information content (AvgIpc) is 3.09. The van der Waals surface area contributed by atoms with E-state index in [1.54, 1.807) is 11.3 Å². The smallest absolute Gasteiger partial charge is 0.225 e. The van der Waals surface area contributed by atoms with Crippen LogP contribution in [0.25, 0.3) is 10.2 Å². The van der Waals surface area contributed by atoms with Crippen LogP contribution < -0.4 is 4.90 Å². The largest absolute Gasteiger partial charge is 0.347 e. The van der Waals surface area contributed by atoms with Gasteiger partial charge in [-0.25, -0.2) is 4.98 Å². The van der Waals surface area contributed by atoms with E-state index in [9.17, 15) is 0 Å². The van der Waals surface area contributed by atoms with Crippen molar-refractivity contribution in [1.82, 2.24) is 9.97 Å². The maximum atomic E-state index is 6.12. The molecule has 1 aromatic carbocycles. The van der Waals surface area contributed by atoms with Crippen LogP contribution >= 0.6 is 22.9 Å². The highest BCUT2D eigenvalue weighted by Crippen LogP contribution is 2.35. The molecule has 1 aliphatic heterocycles. The molecular weight excluding hydrogens is 302 g/mol. The quantitative estimate of drug-likeness (QED) is 0.655. The molecule has 3 nitrogen and oxygen atoms in total. The molecule has 3 heterocycles. The molecule has 5 heteroatoms. The number of hydrogen-bond donors (Lipinski definition) is 0. The molecule has 2 aromatic heterocycles. The molecule has 1 aliphatic rings. The Morgan fingerprint density at radius 3 is 2.57 bits per heavy atom. The second kappa shape index (κ2) is 4.97. The van der Waals surface area contributed by atoms with Gasteiger partial charge in [-0.3, -0.25) is 0 Å². The molecule has 0 N–H and O–H groups in total. The third-order valence-electron chi connectivity index (χ3n) is 3.89. The van der Waals surface area contributed by atoms with Crippen molar-refractivity contribution in [3.8, 4) is 0 Å². The van der Waals surface area contributed by atoms with E-state index < -0.39 is 0 Å². The summed E-state index contributed by atoms with van der Waals surface area (Å²) >= 11 is 7.83. The van der Waals surface area contributed by atoms with Gasteiger partial charge in [-0.15, -0.1) is 11.3 Å². The number of aromatic nitrogens is 2. The van der Waals surface area contributed by atoms with Gasteiger partial charge < -0.3 is 4.90 Å². The fourth-order valence-electron chi connectivity index (χ4n) is 2.83. The molecular formula is C16H14ClN3S. The molecule has 106 valence electrons. The van der Waals surface area contributed by atoms with Crippen molar-refractivity contribution in [3.63, 3.8) is 0 Å². The summed E-state index contributed by atoms with van der Waals surface area (Å²) in [6.07, 6.45) is 1.01. The van der Waals surface area contributed by atoms with Crippen LogP contribution in [0.4, 0.5) is 5.82 Å². The van der Waals surface area contributed by atoms with Crippen LogP contribution in [0.15, 0.2) is 30.3 Å². The van der Waals surface area contributed by atoms with Gasteiger partial charge in [-0.2, -0.15) is 4.98 Å². The minimum atomic E-state index is 0.331. The summed E-state index contributed by atoms with van der Waals surface area (Å²) in [4.78, 5) is 13.5. The molecule has 0 amide bonds. The number of fused-ring (bicyclic) bond motifs is 2. The summed E-state index contributed by atoms with van der Waals surface area (Å²) in [6, 6.07) is 10.7. The third kappa shape index (κ3) is 2.19. The minimum Gasteiger partial charge on any atom is -0.347 e. The summed E-state index contributed by atoms with van der Waals surface area (Å²) in [7, 11) is 0. The van der Waals surface area contributed by atoms with Crippen molar-refractivity contribution < 1.29 is 0 Å². The summed E-state index contributed by atoms with van der Waals surface area (Å²) < 4.78 is 0. The number of nitrogens with zero attached hydrogens (tertiary/aromatic N) is 3. The topological polar surface area (TPSA) is 29.0 Å². The first kappa shape index (κ1) is 13.0. The van der Waals surface area contributed by atoms with Gasteiger partial charge in [0.1, 0.15) is 10.6 Å². The van der Waals surface area contributed by atoms with Gasteiger partial charge in [0.25, 0.3) is 0 Å². The van der Waals surface area contributed by atoms with Crippen LogP contribution in [0, 0.1) is 0 Å². The van der Waals surface area contributed by atoms with Crippen LogP contribution in [0.3, 0.4) is 0 Å². The zero-order chi connectivity index (χ0) is 14.4. The number of anilines is 1. The standard InChI is InChI=1S/C16H14ClN3S/c1-2-12-7-13-14(18-16(17)19-15(13)21-12)20-8-10-5-3-4-6-11(10)9-20/h3-7H,2,8-9H2,1H3. The molecule has 4 rings (SSSR count). The van der Waals surface area contributed by atoms with Crippen LogP contribution in [0.2, 0.25) is 5.28 Å². The second-order valence-electron chi connectivity index (χ2n) is 5.23. The van der Waals surface area contributed by atoms with Crippen LogP contribution in [0.1, 0.15) is 22.9 Å². The Bertz CT molecular complexity index is 803. The summed E-state index contributed by atoms with van der Waals surface area (Å²) in [6.45, 7) is 3.93. The van der Waals surface area contributed by atoms with Gasteiger partial charge in [-0.05, 0) is 35.2 Å². The number of halogens is 1. The van der Waals surface area contributed by atoms with E-state index in [0.29, 0.717) is 5.28 Å². The van der Waals surface area contributed by atoms with E-state index in [0.717, 1.165) is 35.5 Å². The molecule has 0 saturated heterocycles. The van der Waals surface area contributed by atoms with Gasteiger partial charge >= 0.3 is 0 Å². The number of thiophene rings is 1. The fraction of sp³-hybridized carbons (Fsp3) is 0.250. The normalized spacial score (nSPS) is 13.9. The van der Waals surface area contributed by atoms with E-state index in [4.69, 9.17) is 11.6 Å². The lowest BCUT2D eigenvalue weighted by atomic mass is 10.1. The molecule has 0 spiro atoms. The maximum absolute atomic E-state index is 6.12. The summed E-state index contributed by atoms with van der Waals surface area (Å²) in [5, 5.41) is 1.45. The van der Waals surface area contributed by atoms with Gasteiger partial charge in [0.15, 0.2) is 0 Å². The molecule has 0 unspecified atom stereocenters. The summed E-state index contributed by atoms with van der Waals surface area (Å²) in [5.74, 6) is 0.956. The van der Waals surface area contributed by atoms with E-state index in [1.165, 1.54) is 16.0 Å². The molecule has 0 fully saturated rings. The van der Waals surface area contributed by atoms with Crippen molar-refractivity contribution >= 4 is 39.0 Å². The van der Waals surface area contributed by atoms with Crippen LogP contribution in [-0.4, -0.2) is 9.97 Å².